The highest BCUT2D eigenvalue weighted by molar-refractivity contribution is 7.15. The maximum atomic E-state index is 11.8. The van der Waals surface area contributed by atoms with Crippen LogP contribution >= 0.6 is 23.7 Å². The van der Waals surface area contributed by atoms with Gasteiger partial charge < -0.3 is 11.1 Å². The Balaban J connectivity index is 0.00000289. The van der Waals surface area contributed by atoms with Crippen molar-refractivity contribution in [2.45, 2.75) is 46.1 Å². The van der Waals surface area contributed by atoms with Gasteiger partial charge in [0, 0.05) is 11.1 Å². The quantitative estimate of drug-likeness (QED) is 0.876. The maximum Gasteiger partial charge on any atom is 0.243 e. The molecule has 0 saturated carbocycles. The van der Waals surface area contributed by atoms with E-state index in [1.165, 1.54) is 11.3 Å². The zero-order valence-corrected chi connectivity index (χ0v) is 12.9. The number of carbonyl (C=O) groups is 1. The van der Waals surface area contributed by atoms with E-state index in [4.69, 9.17) is 5.73 Å². The first kappa shape index (κ1) is 17.4. The second-order valence-electron chi connectivity index (χ2n) is 4.62. The molecule has 1 aromatic heterocycles. The molecule has 6 heteroatoms. The van der Waals surface area contributed by atoms with Crippen LogP contribution in [0.3, 0.4) is 0 Å². The lowest BCUT2D eigenvalue weighted by atomic mass is 10.00. The summed E-state index contributed by atoms with van der Waals surface area (Å²) in [7, 11) is 0. The molecule has 4 nitrogen and oxygen atoms in total. The van der Waals surface area contributed by atoms with Crippen LogP contribution in [-0.2, 0) is 4.79 Å². The number of carbonyl (C=O) groups excluding carboxylic acids is 1. The van der Waals surface area contributed by atoms with Crippen molar-refractivity contribution in [3.05, 3.63) is 11.1 Å². The molecule has 0 fully saturated rings. The standard InChI is InChI=1S/C12H21N3OS.ClH/c1-5-8(4)10(13)11(16)15-12-14-6-9(17-12)7(2)3;/h6-8,10H,5,13H2,1-4H3,(H,14,15,16);1H. The summed E-state index contributed by atoms with van der Waals surface area (Å²) in [5.41, 5.74) is 5.85. The molecule has 0 aliphatic carbocycles. The highest BCUT2D eigenvalue weighted by atomic mass is 35.5. The molecule has 1 rings (SSSR count). The lowest BCUT2D eigenvalue weighted by Gasteiger charge is -2.16. The summed E-state index contributed by atoms with van der Waals surface area (Å²) < 4.78 is 0. The molecule has 2 atom stereocenters. The van der Waals surface area contributed by atoms with Crippen molar-refractivity contribution in [1.29, 1.82) is 0 Å². The molecule has 2 unspecified atom stereocenters. The summed E-state index contributed by atoms with van der Waals surface area (Å²) in [6, 6.07) is -0.466. The predicted octanol–water partition coefficient (Wildman–Crippen LogP) is 3.00. The smallest absolute Gasteiger partial charge is 0.243 e. The van der Waals surface area contributed by atoms with Gasteiger partial charge in [-0.2, -0.15) is 0 Å². The van der Waals surface area contributed by atoms with Gasteiger partial charge in [0.2, 0.25) is 5.91 Å². The number of nitrogens with two attached hydrogens (primary N) is 1. The van der Waals surface area contributed by atoms with Crippen LogP contribution in [0.4, 0.5) is 5.13 Å². The lowest BCUT2D eigenvalue weighted by molar-refractivity contribution is -0.118. The van der Waals surface area contributed by atoms with Crippen molar-refractivity contribution in [3.63, 3.8) is 0 Å². The minimum Gasteiger partial charge on any atom is -0.320 e. The van der Waals surface area contributed by atoms with Crippen LogP contribution in [0.5, 0.6) is 0 Å². The molecule has 0 aliphatic heterocycles. The van der Waals surface area contributed by atoms with Crippen molar-refractivity contribution >= 4 is 34.8 Å². The van der Waals surface area contributed by atoms with Gasteiger partial charge in [0.25, 0.3) is 0 Å². The number of rotatable bonds is 5. The SMILES string of the molecule is CCC(C)C(N)C(=O)Nc1ncc(C(C)C)s1.Cl. The number of halogens is 1. The lowest BCUT2D eigenvalue weighted by Crippen LogP contribution is -2.40. The third kappa shape index (κ3) is 4.55. The van der Waals surface area contributed by atoms with E-state index in [2.05, 4.69) is 24.1 Å². The zero-order valence-electron chi connectivity index (χ0n) is 11.3. The molecule has 0 saturated heterocycles. The van der Waals surface area contributed by atoms with Crippen LogP contribution in [0.2, 0.25) is 0 Å². The number of hydrogen-bond donors (Lipinski definition) is 2. The summed E-state index contributed by atoms with van der Waals surface area (Å²) in [6.45, 7) is 8.21. The fourth-order valence-electron chi connectivity index (χ4n) is 1.31. The first-order chi connectivity index (χ1) is 7.95. The van der Waals surface area contributed by atoms with Crippen molar-refractivity contribution < 1.29 is 4.79 Å². The summed E-state index contributed by atoms with van der Waals surface area (Å²) in [5, 5.41) is 3.41. The van der Waals surface area contributed by atoms with E-state index in [1.54, 1.807) is 6.20 Å². The normalized spacial score (nSPS) is 13.9. The summed E-state index contributed by atoms with van der Waals surface area (Å²) in [5.74, 6) is 0.463. The van der Waals surface area contributed by atoms with Crippen molar-refractivity contribution in [2.24, 2.45) is 11.7 Å². The molecular formula is C12H22ClN3OS. The molecule has 18 heavy (non-hydrogen) atoms. The number of hydrogen-bond acceptors (Lipinski definition) is 4. The van der Waals surface area contributed by atoms with Gasteiger partial charge in [0.15, 0.2) is 5.13 Å². The van der Waals surface area contributed by atoms with Gasteiger partial charge in [-0.3, -0.25) is 4.79 Å². The van der Waals surface area contributed by atoms with E-state index in [1.807, 2.05) is 13.8 Å². The van der Waals surface area contributed by atoms with E-state index in [9.17, 15) is 4.79 Å². The Morgan fingerprint density at radius 2 is 2.11 bits per heavy atom. The number of aromatic nitrogens is 1. The van der Waals surface area contributed by atoms with Gasteiger partial charge in [-0.15, -0.1) is 23.7 Å². The molecular weight excluding hydrogens is 270 g/mol. The van der Waals surface area contributed by atoms with Gasteiger partial charge in [0.05, 0.1) is 6.04 Å². The van der Waals surface area contributed by atoms with Crippen molar-refractivity contribution in [2.75, 3.05) is 5.32 Å². The Morgan fingerprint density at radius 3 is 2.56 bits per heavy atom. The Hall–Kier alpha value is -0.650. The molecule has 1 heterocycles. The minimum atomic E-state index is -0.466. The average molecular weight is 292 g/mol. The van der Waals surface area contributed by atoms with Crippen LogP contribution in [0, 0.1) is 5.92 Å². The predicted molar refractivity (Wildman–Crippen MR) is 79.5 cm³/mol. The average Bonchev–Trinajstić information content (AvgIpc) is 2.75. The fraction of sp³-hybridized carbons (Fsp3) is 0.667. The molecule has 1 aromatic rings. The maximum absolute atomic E-state index is 11.8. The van der Waals surface area contributed by atoms with Crippen LogP contribution < -0.4 is 11.1 Å². The molecule has 0 aliphatic rings. The van der Waals surface area contributed by atoms with E-state index >= 15 is 0 Å². The molecule has 0 spiro atoms. The van der Waals surface area contributed by atoms with Gasteiger partial charge in [0.1, 0.15) is 0 Å². The molecule has 104 valence electrons. The van der Waals surface area contributed by atoms with Gasteiger partial charge in [-0.05, 0) is 11.8 Å². The van der Waals surface area contributed by atoms with Crippen LogP contribution in [-0.4, -0.2) is 16.9 Å². The summed E-state index contributed by atoms with van der Waals surface area (Å²) in [6.07, 6.45) is 2.70. The first-order valence-corrected chi connectivity index (χ1v) is 6.79. The number of nitrogens with one attached hydrogen (secondary N) is 1. The Morgan fingerprint density at radius 1 is 1.50 bits per heavy atom. The van der Waals surface area contributed by atoms with E-state index < -0.39 is 6.04 Å². The van der Waals surface area contributed by atoms with Gasteiger partial charge >= 0.3 is 0 Å². The second kappa shape index (κ2) is 7.71. The Kier molecular flexibility index (Phi) is 7.43. The van der Waals surface area contributed by atoms with Crippen LogP contribution in [0.1, 0.15) is 44.9 Å². The van der Waals surface area contributed by atoms with E-state index in [0.29, 0.717) is 11.0 Å². The number of nitrogens with zero attached hydrogens (tertiary/aromatic N) is 1. The Bertz CT molecular complexity index is 381. The summed E-state index contributed by atoms with van der Waals surface area (Å²) in [4.78, 5) is 17.2. The number of anilines is 1. The van der Waals surface area contributed by atoms with Gasteiger partial charge in [-0.25, -0.2) is 4.98 Å². The highest BCUT2D eigenvalue weighted by Crippen LogP contribution is 2.25. The van der Waals surface area contributed by atoms with Crippen molar-refractivity contribution in [3.8, 4) is 0 Å². The minimum absolute atomic E-state index is 0. The second-order valence-corrected chi connectivity index (χ2v) is 5.69. The zero-order chi connectivity index (χ0) is 13.0. The van der Waals surface area contributed by atoms with E-state index in [-0.39, 0.29) is 24.2 Å². The first-order valence-electron chi connectivity index (χ1n) is 5.97. The Labute approximate surface area is 119 Å². The molecule has 0 radical (unpaired) electrons. The molecule has 3 N–H and O–H groups in total. The largest absolute Gasteiger partial charge is 0.320 e. The van der Waals surface area contributed by atoms with Gasteiger partial charge in [-0.1, -0.05) is 34.1 Å². The topological polar surface area (TPSA) is 68.0 Å². The van der Waals surface area contributed by atoms with Crippen LogP contribution in [0.25, 0.3) is 0 Å². The third-order valence-electron chi connectivity index (χ3n) is 2.88. The van der Waals surface area contributed by atoms with E-state index in [0.717, 1.165) is 11.3 Å². The highest BCUT2D eigenvalue weighted by Gasteiger charge is 2.20. The molecule has 0 bridgehead atoms. The molecule has 1 amide bonds. The van der Waals surface area contributed by atoms with Crippen LogP contribution in [0.15, 0.2) is 6.20 Å². The fourth-order valence-corrected chi connectivity index (χ4v) is 2.13. The third-order valence-corrected chi connectivity index (χ3v) is 4.10. The number of thiazole rings is 1. The number of amides is 1. The summed E-state index contributed by atoms with van der Waals surface area (Å²) >= 11 is 1.51. The monoisotopic (exact) mass is 291 g/mol. The van der Waals surface area contributed by atoms with Crippen molar-refractivity contribution in [1.82, 2.24) is 4.98 Å². The molecule has 0 aromatic carbocycles.